The summed E-state index contributed by atoms with van der Waals surface area (Å²) < 4.78 is 16.7. The van der Waals surface area contributed by atoms with Crippen LogP contribution in [0.25, 0.3) is 0 Å². The molecule has 0 fully saturated rings. The van der Waals surface area contributed by atoms with Crippen molar-refractivity contribution in [2.75, 3.05) is 13.2 Å². The Labute approximate surface area is 355 Å². The highest BCUT2D eigenvalue weighted by Gasteiger charge is 2.19. The smallest absolute Gasteiger partial charge is 0.306 e. The highest BCUT2D eigenvalue weighted by molar-refractivity contribution is 5.71. The number of esters is 3. The van der Waals surface area contributed by atoms with Gasteiger partial charge in [-0.2, -0.15) is 0 Å². The van der Waals surface area contributed by atoms with Crippen LogP contribution in [0.3, 0.4) is 0 Å². The van der Waals surface area contributed by atoms with Crippen molar-refractivity contribution >= 4 is 17.9 Å². The molecule has 0 N–H and O–H groups in total. The van der Waals surface area contributed by atoms with Crippen LogP contribution in [0.1, 0.15) is 279 Å². The van der Waals surface area contributed by atoms with Crippen LogP contribution in [0.4, 0.5) is 0 Å². The summed E-state index contributed by atoms with van der Waals surface area (Å²) in [7, 11) is 0. The molecule has 0 rings (SSSR count). The topological polar surface area (TPSA) is 78.9 Å². The first-order valence-corrected chi connectivity index (χ1v) is 25.2. The monoisotopic (exact) mass is 807 g/mol. The molecular formula is C51H98O6. The van der Waals surface area contributed by atoms with E-state index in [4.69, 9.17) is 14.2 Å². The third-order valence-electron chi connectivity index (χ3n) is 11.5. The van der Waals surface area contributed by atoms with Crippen molar-refractivity contribution in [3.63, 3.8) is 0 Å². The van der Waals surface area contributed by atoms with E-state index < -0.39 is 6.10 Å². The van der Waals surface area contributed by atoms with Gasteiger partial charge in [-0.3, -0.25) is 14.4 Å². The van der Waals surface area contributed by atoms with Gasteiger partial charge in [0, 0.05) is 19.3 Å². The predicted molar refractivity (Wildman–Crippen MR) is 243 cm³/mol. The van der Waals surface area contributed by atoms with Gasteiger partial charge in [0.15, 0.2) is 6.10 Å². The summed E-state index contributed by atoms with van der Waals surface area (Å²) in [6.07, 6.45) is 43.9. The fourth-order valence-corrected chi connectivity index (χ4v) is 7.64. The molecule has 0 radical (unpaired) electrons. The molecule has 0 saturated heterocycles. The summed E-state index contributed by atoms with van der Waals surface area (Å²) in [6.45, 7) is 11.3. The summed E-state index contributed by atoms with van der Waals surface area (Å²) in [4.78, 5) is 37.8. The second-order valence-corrected chi connectivity index (χ2v) is 18.4. The maximum absolute atomic E-state index is 12.7. The molecule has 0 aromatic carbocycles. The second kappa shape index (κ2) is 44.0. The zero-order valence-electron chi connectivity index (χ0n) is 39.0. The third-order valence-corrected chi connectivity index (χ3v) is 11.5. The number of ether oxygens (including phenoxy) is 3. The SMILES string of the molecule is CCCCCCCCCC(=O)OC[C@H](COC(=O)CCCCCCCCCCCCCCCC(C)C)OC(=O)CCCCCCCCCCCCCCCC(C)C. The molecule has 0 aromatic heterocycles. The molecule has 0 aromatic rings. The van der Waals surface area contributed by atoms with Crippen molar-refractivity contribution in [3.05, 3.63) is 0 Å². The van der Waals surface area contributed by atoms with Crippen molar-refractivity contribution in [2.24, 2.45) is 11.8 Å². The van der Waals surface area contributed by atoms with Gasteiger partial charge in [0.1, 0.15) is 13.2 Å². The van der Waals surface area contributed by atoms with Crippen LogP contribution in [-0.4, -0.2) is 37.2 Å². The van der Waals surface area contributed by atoms with Crippen LogP contribution in [0.2, 0.25) is 0 Å². The van der Waals surface area contributed by atoms with E-state index in [2.05, 4.69) is 34.6 Å². The van der Waals surface area contributed by atoms with Gasteiger partial charge in [-0.25, -0.2) is 0 Å². The van der Waals surface area contributed by atoms with E-state index in [0.29, 0.717) is 19.3 Å². The first-order valence-electron chi connectivity index (χ1n) is 25.2. The summed E-state index contributed by atoms with van der Waals surface area (Å²) in [5, 5.41) is 0. The summed E-state index contributed by atoms with van der Waals surface area (Å²) >= 11 is 0. The average Bonchev–Trinajstić information content (AvgIpc) is 3.18. The van der Waals surface area contributed by atoms with Crippen LogP contribution >= 0.6 is 0 Å². The summed E-state index contributed by atoms with van der Waals surface area (Å²) in [6, 6.07) is 0. The fourth-order valence-electron chi connectivity index (χ4n) is 7.64. The number of rotatable bonds is 45. The number of carbonyl (C=O) groups is 3. The molecule has 0 aliphatic heterocycles. The largest absolute Gasteiger partial charge is 0.462 e. The number of hydrogen-bond donors (Lipinski definition) is 0. The quantitative estimate of drug-likeness (QED) is 0.0346. The zero-order chi connectivity index (χ0) is 41.9. The molecule has 0 spiro atoms. The molecule has 6 nitrogen and oxygen atoms in total. The van der Waals surface area contributed by atoms with Crippen molar-refractivity contribution in [3.8, 4) is 0 Å². The lowest BCUT2D eigenvalue weighted by atomic mass is 10.0. The molecule has 0 saturated carbocycles. The first kappa shape index (κ1) is 55.4. The maximum Gasteiger partial charge on any atom is 0.306 e. The van der Waals surface area contributed by atoms with E-state index in [9.17, 15) is 14.4 Å². The van der Waals surface area contributed by atoms with Crippen molar-refractivity contribution in [1.29, 1.82) is 0 Å². The second-order valence-electron chi connectivity index (χ2n) is 18.4. The molecule has 0 aliphatic rings. The summed E-state index contributed by atoms with van der Waals surface area (Å²) in [5.74, 6) is 0.822. The first-order chi connectivity index (χ1) is 27.7. The highest BCUT2D eigenvalue weighted by atomic mass is 16.6. The molecule has 0 bridgehead atoms. The Hall–Kier alpha value is -1.59. The fraction of sp³-hybridized carbons (Fsp3) is 0.941. The number of hydrogen-bond acceptors (Lipinski definition) is 6. The van der Waals surface area contributed by atoms with Crippen molar-refractivity contribution in [1.82, 2.24) is 0 Å². The average molecular weight is 807 g/mol. The van der Waals surface area contributed by atoms with Crippen molar-refractivity contribution in [2.45, 2.75) is 285 Å². The Balaban J connectivity index is 4.21. The van der Waals surface area contributed by atoms with E-state index in [0.717, 1.165) is 69.6 Å². The minimum atomic E-state index is -0.760. The molecular weight excluding hydrogens is 709 g/mol. The van der Waals surface area contributed by atoms with Gasteiger partial charge in [-0.1, -0.05) is 240 Å². The number of carbonyl (C=O) groups excluding carboxylic acids is 3. The lowest BCUT2D eigenvalue weighted by Crippen LogP contribution is -2.30. The molecule has 57 heavy (non-hydrogen) atoms. The zero-order valence-corrected chi connectivity index (χ0v) is 39.0. The Kier molecular flexibility index (Phi) is 42.7. The van der Waals surface area contributed by atoms with E-state index in [1.165, 1.54) is 167 Å². The van der Waals surface area contributed by atoms with E-state index in [-0.39, 0.29) is 31.1 Å². The van der Waals surface area contributed by atoms with Gasteiger partial charge in [0.25, 0.3) is 0 Å². The van der Waals surface area contributed by atoms with Gasteiger partial charge in [0.05, 0.1) is 0 Å². The van der Waals surface area contributed by atoms with Crippen LogP contribution in [0.5, 0.6) is 0 Å². The normalized spacial score (nSPS) is 12.1. The van der Waals surface area contributed by atoms with Gasteiger partial charge in [0.2, 0.25) is 0 Å². The van der Waals surface area contributed by atoms with E-state index in [1.54, 1.807) is 0 Å². The molecule has 6 heteroatoms. The molecule has 0 amide bonds. The molecule has 338 valence electrons. The van der Waals surface area contributed by atoms with E-state index >= 15 is 0 Å². The van der Waals surface area contributed by atoms with Gasteiger partial charge in [-0.15, -0.1) is 0 Å². The standard InChI is InChI=1S/C51H98O6/c1-6-7-8-9-24-31-36-41-49(52)55-44-48(57-51(54)43-38-33-28-23-19-15-11-13-17-21-26-30-35-40-47(4)5)45-56-50(53)42-37-32-27-22-18-14-10-12-16-20-25-29-34-39-46(2)3/h46-48H,6-45H2,1-5H3/t48-/m1/s1. The third kappa shape index (κ3) is 45.3. The Morgan fingerprint density at radius 1 is 0.333 bits per heavy atom. The lowest BCUT2D eigenvalue weighted by molar-refractivity contribution is -0.167. The van der Waals surface area contributed by atoms with Crippen LogP contribution in [0.15, 0.2) is 0 Å². The van der Waals surface area contributed by atoms with Crippen LogP contribution in [0, 0.1) is 11.8 Å². The van der Waals surface area contributed by atoms with Crippen LogP contribution < -0.4 is 0 Å². The van der Waals surface area contributed by atoms with Gasteiger partial charge in [-0.05, 0) is 31.1 Å². The molecule has 0 aliphatic carbocycles. The van der Waals surface area contributed by atoms with Gasteiger partial charge >= 0.3 is 17.9 Å². The molecule has 1 atom stereocenters. The minimum absolute atomic E-state index is 0.0641. The highest BCUT2D eigenvalue weighted by Crippen LogP contribution is 2.17. The minimum Gasteiger partial charge on any atom is -0.462 e. The van der Waals surface area contributed by atoms with Crippen LogP contribution in [-0.2, 0) is 28.6 Å². The van der Waals surface area contributed by atoms with Crippen molar-refractivity contribution < 1.29 is 28.6 Å². The van der Waals surface area contributed by atoms with Gasteiger partial charge < -0.3 is 14.2 Å². The summed E-state index contributed by atoms with van der Waals surface area (Å²) in [5.41, 5.74) is 0. The Bertz CT molecular complexity index is 870. The lowest BCUT2D eigenvalue weighted by Gasteiger charge is -2.18. The van der Waals surface area contributed by atoms with E-state index in [1.807, 2.05) is 0 Å². The molecule has 0 unspecified atom stereocenters. The molecule has 0 heterocycles. The Morgan fingerprint density at radius 2 is 0.579 bits per heavy atom. The maximum atomic E-state index is 12.7. The predicted octanol–water partition coefficient (Wildman–Crippen LogP) is 16.1. The number of unbranched alkanes of at least 4 members (excludes halogenated alkanes) is 30. The Morgan fingerprint density at radius 3 is 0.860 bits per heavy atom.